The molecule has 1 heterocycles. The van der Waals surface area contributed by atoms with Crippen LogP contribution in [0.5, 0.6) is 0 Å². The van der Waals surface area contributed by atoms with E-state index >= 15 is 0 Å². The molecule has 0 saturated carbocycles. The number of rotatable bonds is 5. The zero-order valence-corrected chi connectivity index (χ0v) is 15.6. The van der Waals surface area contributed by atoms with Gasteiger partial charge < -0.3 is 4.74 Å². The number of ether oxygens (including phenoxy) is 1. The summed E-state index contributed by atoms with van der Waals surface area (Å²) < 4.78 is 4.93. The molecule has 1 fully saturated rings. The number of hydrogen-bond acceptors (Lipinski definition) is 7. The lowest BCUT2D eigenvalue weighted by atomic mass is 10.1. The maximum absolute atomic E-state index is 12.7. The van der Waals surface area contributed by atoms with Crippen molar-refractivity contribution in [3.05, 3.63) is 74.7 Å². The summed E-state index contributed by atoms with van der Waals surface area (Å²) in [5, 5.41) is 18.9. The predicted octanol–water partition coefficient (Wildman–Crippen LogP) is 3.83. The number of nitrogens with zero attached hydrogens (tertiary/aromatic N) is 2. The summed E-state index contributed by atoms with van der Waals surface area (Å²) in [6.07, 6.45) is 1.58. The van der Waals surface area contributed by atoms with Crippen molar-refractivity contribution in [1.82, 2.24) is 0 Å². The second kappa shape index (κ2) is 8.05. The number of benzene rings is 2. The van der Waals surface area contributed by atoms with Crippen molar-refractivity contribution in [3.63, 3.8) is 0 Å². The zero-order valence-electron chi connectivity index (χ0n) is 14.7. The molecule has 8 nitrogen and oxygen atoms in total. The number of amides is 1. The van der Waals surface area contributed by atoms with Gasteiger partial charge in [0.15, 0.2) is 5.17 Å². The Labute approximate surface area is 164 Å². The van der Waals surface area contributed by atoms with Crippen LogP contribution < -0.4 is 4.90 Å². The van der Waals surface area contributed by atoms with E-state index in [4.69, 9.17) is 10.1 Å². The lowest BCUT2D eigenvalue weighted by Crippen LogP contribution is -2.28. The molecule has 1 aliphatic rings. The third-order valence-corrected chi connectivity index (χ3v) is 4.75. The maximum atomic E-state index is 12.7. The first kappa shape index (κ1) is 19.3. The van der Waals surface area contributed by atoms with Gasteiger partial charge >= 0.3 is 5.97 Å². The molecular formula is C19H15N3O5S. The van der Waals surface area contributed by atoms with E-state index < -0.39 is 10.9 Å². The van der Waals surface area contributed by atoms with Crippen LogP contribution in [0.4, 0.5) is 11.4 Å². The van der Waals surface area contributed by atoms with E-state index in [9.17, 15) is 19.7 Å². The number of nitro benzene ring substituents is 1. The number of esters is 1. The van der Waals surface area contributed by atoms with E-state index in [1.807, 2.05) is 0 Å². The third kappa shape index (κ3) is 3.94. The van der Waals surface area contributed by atoms with Gasteiger partial charge in [-0.3, -0.25) is 25.2 Å². The Balaban J connectivity index is 1.81. The molecule has 0 unspecified atom stereocenters. The molecule has 0 aromatic heterocycles. The molecule has 0 spiro atoms. The molecule has 2 aromatic carbocycles. The largest absolute Gasteiger partial charge is 0.462 e. The maximum Gasteiger partial charge on any atom is 0.338 e. The number of carbonyl (C=O) groups excluding carboxylic acids is 2. The van der Waals surface area contributed by atoms with Crippen LogP contribution in [0.2, 0.25) is 0 Å². The standard InChI is InChI=1S/C19H15N3O5S/c1-2-27-18(24)13-5-9-14(10-6-13)21-17(23)16(28-19(21)20)11-12-3-7-15(8-4-12)22(25)26/h3-11,20H,2H2,1H3/b16-11-,20-19?. The minimum atomic E-state index is -0.496. The predicted molar refractivity (Wildman–Crippen MR) is 106 cm³/mol. The number of thioether (sulfide) groups is 1. The average molecular weight is 397 g/mol. The van der Waals surface area contributed by atoms with Gasteiger partial charge in [-0.05, 0) is 66.7 Å². The first-order valence-corrected chi connectivity index (χ1v) is 9.06. The molecule has 1 aliphatic heterocycles. The number of non-ortho nitro benzene ring substituents is 1. The molecular weight excluding hydrogens is 382 g/mol. The normalized spacial score (nSPS) is 15.2. The van der Waals surface area contributed by atoms with Gasteiger partial charge in [-0.25, -0.2) is 4.79 Å². The molecule has 28 heavy (non-hydrogen) atoms. The lowest BCUT2D eigenvalue weighted by molar-refractivity contribution is -0.384. The smallest absolute Gasteiger partial charge is 0.338 e. The summed E-state index contributed by atoms with van der Waals surface area (Å²) in [5.74, 6) is -0.831. The van der Waals surface area contributed by atoms with Gasteiger partial charge in [0.1, 0.15) is 0 Å². The molecule has 1 N–H and O–H groups in total. The van der Waals surface area contributed by atoms with Crippen LogP contribution >= 0.6 is 11.8 Å². The quantitative estimate of drug-likeness (QED) is 0.355. The monoisotopic (exact) mass is 397 g/mol. The first-order chi connectivity index (χ1) is 13.4. The van der Waals surface area contributed by atoms with Gasteiger partial charge in [0.2, 0.25) is 0 Å². The zero-order chi connectivity index (χ0) is 20.3. The Kier molecular flexibility index (Phi) is 5.55. The second-order valence-electron chi connectivity index (χ2n) is 5.67. The Morgan fingerprint density at radius 3 is 2.43 bits per heavy atom. The summed E-state index contributed by atoms with van der Waals surface area (Å²) in [7, 11) is 0. The van der Waals surface area contributed by atoms with Gasteiger partial charge in [0.05, 0.1) is 27.7 Å². The minimum Gasteiger partial charge on any atom is -0.462 e. The van der Waals surface area contributed by atoms with E-state index in [1.165, 1.54) is 29.2 Å². The average Bonchev–Trinajstić information content (AvgIpc) is 2.96. The Morgan fingerprint density at radius 1 is 1.21 bits per heavy atom. The topological polar surface area (TPSA) is 114 Å². The van der Waals surface area contributed by atoms with Crippen molar-refractivity contribution in [3.8, 4) is 0 Å². The highest BCUT2D eigenvalue weighted by Gasteiger charge is 2.33. The van der Waals surface area contributed by atoms with Crippen molar-refractivity contribution in [2.45, 2.75) is 6.92 Å². The highest BCUT2D eigenvalue weighted by atomic mass is 32.2. The number of carbonyl (C=O) groups is 2. The molecule has 142 valence electrons. The fraction of sp³-hybridized carbons (Fsp3) is 0.105. The number of nitrogens with one attached hydrogen (secondary N) is 1. The Hall–Kier alpha value is -3.46. The van der Waals surface area contributed by atoms with E-state index in [-0.39, 0.29) is 23.4 Å². The lowest BCUT2D eigenvalue weighted by Gasteiger charge is -2.14. The van der Waals surface area contributed by atoms with Crippen molar-refractivity contribution in [2.75, 3.05) is 11.5 Å². The summed E-state index contributed by atoms with van der Waals surface area (Å²) in [6.45, 7) is 1.98. The molecule has 0 bridgehead atoms. The van der Waals surface area contributed by atoms with Crippen LogP contribution in [0, 0.1) is 15.5 Å². The van der Waals surface area contributed by atoms with Crippen molar-refractivity contribution < 1.29 is 19.2 Å². The van der Waals surface area contributed by atoms with Crippen LogP contribution in [0.3, 0.4) is 0 Å². The summed E-state index contributed by atoms with van der Waals surface area (Å²) in [4.78, 5) is 36.2. The van der Waals surface area contributed by atoms with Crippen LogP contribution in [-0.2, 0) is 9.53 Å². The highest BCUT2D eigenvalue weighted by molar-refractivity contribution is 8.19. The fourth-order valence-electron chi connectivity index (χ4n) is 2.53. The molecule has 2 aromatic rings. The molecule has 1 amide bonds. The van der Waals surface area contributed by atoms with Crippen LogP contribution in [0.1, 0.15) is 22.8 Å². The van der Waals surface area contributed by atoms with Gasteiger partial charge in [-0.2, -0.15) is 0 Å². The van der Waals surface area contributed by atoms with Crippen molar-refractivity contribution in [2.24, 2.45) is 0 Å². The number of hydrogen-bond donors (Lipinski definition) is 1. The van der Waals surface area contributed by atoms with Crippen LogP contribution in [-0.4, -0.2) is 28.6 Å². The summed E-state index contributed by atoms with van der Waals surface area (Å²) in [5.41, 5.74) is 1.40. The number of amidine groups is 1. The van der Waals surface area contributed by atoms with Gasteiger partial charge in [-0.15, -0.1) is 0 Å². The van der Waals surface area contributed by atoms with Crippen LogP contribution in [0.25, 0.3) is 6.08 Å². The molecule has 1 saturated heterocycles. The Morgan fingerprint density at radius 2 is 1.86 bits per heavy atom. The summed E-state index contributed by atoms with van der Waals surface area (Å²) >= 11 is 0.996. The fourth-order valence-corrected chi connectivity index (χ4v) is 3.39. The number of nitro groups is 1. The SMILES string of the molecule is CCOC(=O)c1ccc(N2C(=N)S/C(=C\c3ccc([N+](=O)[O-])cc3)C2=O)cc1. The molecule has 3 rings (SSSR count). The molecule has 9 heteroatoms. The highest BCUT2D eigenvalue weighted by Crippen LogP contribution is 2.35. The Bertz CT molecular complexity index is 984. The molecule has 0 aliphatic carbocycles. The minimum absolute atomic E-state index is 0.0297. The van der Waals surface area contributed by atoms with Crippen molar-refractivity contribution in [1.29, 1.82) is 5.41 Å². The van der Waals surface area contributed by atoms with E-state index in [2.05, 4.69) is 0 Å². The summed E-state index contributed by atoms with van der Waals surface area (Å²) in [6, 6.07) is 12.0. The van der Waals surface area contributed by atoms with Crippen molar-refractivity contribution >= 4 is 46.3 Å². The number of anilines is 1. The molecule has 0 atom stereocenters. The molecule has 0 radical (unpaired) electrons. The van der Waals surface area contributed by atoms with Gasteiger partial charge in [-0.1, -0.05) is 0 Å². The van der Waals surface area contributed by atoms with E-state index in [0.29, 0.717) is 21.7 Å². The van der Waals surface area contributed by atoms with E-state index in [1.54, 1.807) is 37.3 Å². The third-order valence-electron chi connectivity index (χ3n) is 3.86. The van der Waals surface area contributed by atoms with E-state index in [0.717, 1.165) is 11.8 Å². The second-order valence-corrected chi connectivity index (χ2v) is 6.70. The van der Waals surface area contributed by atoms with Gasteiger partial charge in [0, 0.05) is 12.1 Å². The van der Waals surface area contributed by atoms with Gasteiger partial charge in [0.25, 0.3) is 11.6 Å². The van der Waals surface area contributed by atoms with Crippen LogP contribution in [0.15, 0.2) is 53.4 Å². The first-order valence-electron chi connectivity index (χ1n) is 8.25.